The fourth-order valence-electron chi connectivity index (χ4n) is 1.50. The first-order valence-corrected chi connectivity index (χ1v) is 5.82. The van der Waals surface area contributed by atoms with E-state index in [1.54, 1.807) is 32.0 Å². The zero-order valence-corrected chi connectivity index (χ0v) is 10.3. The summed E-state index contributed by atoms with van der Waals surface area (Å²) in [4.78, 5) is 8.28. The van der Waals surface area contributed by atoms with Gasteiger partial charge in [0.2, 0.25) is 11.8 Å². The molecule has 0 bridgehead atoms. The number of unbranched alkanes of at least 4 members (excludes halogenated alkanes) is 1. The summed E-state index contributed by atoms with van der Waals surface area (Å²) in [5.74, 6) is 1.16. The molecule has 0 atom stereocenters. The molecule has 0 radical (unpaired) electrons. The van der Waals surface area contributed by atoms with Crippen LogP contribution in [0.3, 0.4) is 0 Å². The largest absolute Gasteiger partial charge is 0.481 e. The second kappa shape index (κ2) is 6.53. The molecule has 0 aliphatic rings. The Bertz CT molecular complexity index is 458. The van der Waals surface area contributed by atoms with Crippen molar-refractivity contribution in [2.45, 2.75) is 19.4 Å². The van der Waals surface area contributed by atoms with Crippen LogP contribution in [0.4, 0.5) is 5.95 Å². The number of aryl methyl sites for hydroxylation is 1. The molecule has 2 aromatic rings. The zero-order valence-electron chi connectivity index (χ0n) is 10.3. The summed E-state index contributed by atoms with van der Waals surface area (Å²) in [5, 5.41) is 10.7. The van der Waals surface area contributed by atoms with Gasteiger partial charge in [0.1, 0.15) is 12.7 Å². The van der Waals surface area contributed by atoms with Gasteiger partial charge in [0.15, 0.2) is 0 Å². The van der Waals surface area contributed by atoms with Crippen LogP contribution in [-0.2, 0) is 6.54 Å². The highest BCUT2D eigenvalue weighted by atomic mass is 16.5. The Kier molecular flexibility index (Phi) is 4.46. The maximum Gasteiger partial charge on any atom is 0.225 e. The van der Waals surface area contributed by atoms with E-state index in [0.717, 1.165) is 25.9 Å². The van der Waals surface area contributed by atoms with E-state index in [1.807, 2.05) is 4.57 Å². The molecule has 18 heavy (non-hydrogen) atoms. The highest BCUT2D eigenvalue weighted by molar-refractivity contribution is 5.26. The van der Waals surface area contributed by atoms with Crippen molar-refractivity contribution >= 4 is 5.95 Å². The molecule has 2 heterocycles. The summed E-state index contributed by atoms with van der Waals surface area (Å²) in [6.07, 6.45) is 7.19. The minimum atomic E-state index is 0.567. The van der Waals surface area contributed by atoms with Crippen LogP contribution < -0.4 is 10.1 Å². The Morgan fingerprint density at radius 3 is 2.89 bits per heavy atom. The average Bonchev–Trinajstić information content (AvgIpc) is 2.92. The van der Waals surface area contributed by atoms with Crippen LogP contribution in [0.15, 0.2) is 24.9 Å². The normalized spacial score (nSPS) is 10.3. The highest BCUT2D eigenvalue weighted by Crippen LogP contribution is 2.07. The van der Waals surface area contributed by atoms with Crippen LogP contribution in [0, 0.1) is 0 Å². The van der Waals surface area contributed by atoms with Crippen molar-refractivity contribution in [1.82, 2.24) is 24.7 Å². The molecule has 0 spiro atoms. The Morgan fingerprint density at radius 1 is 1.28 bits per heavy atom. The van der Waals surface area contributed by atoms with Crippen molar-refractivity contribution in [3.63, 3.8) is 0 Å². The summed E-state index contributed by atoms with van der Waals surface area (Å²) in [6.45, 7) is 1.75. The summed E-state index contributed by atoms with van der Waals surface area (Å²) in [5.41, 5.74) is 0. The third kappa shape index (κ3) is 3.69. The molecule has 2 aromatic heterocycles. The molecule has 96 valence electrons. The zero-order chi connectivity index (χ0) is 12.6. The number of nitrogens with one attached hydrogen (secondary N) is 1. The van der Waals surface area contributed by atoms with Gasteiger partial charge < -0.3 is 14.6 Å². The van der Waals surface area contributed by atoms with Gasteiger partial charge in [0.05, 0.1) is 7.11 Å². The third-order valence-corrected chi connectivity index (χ3v) is 2.43. The third-order valence-electron chi connectivity index (χ3n) is 2.43. The lowest BCUT2D eigenvalue weighted by Gasteiger charge is -2.05. The van der Waals surface area contributed by atoms with Crippen molar-refractivity contribution in [1.29, 1.82) is 0 Å². The lowest BCUT2D eigenvalue weighted by Crippen LogP contribution is -2.07. The van der Waals surface area contributed by atoms with Crippen molar-refractivity contribution in [2.24, 2.45) is 0 Å². The molecule has 0 saturated carbocycles. The van der Waals surface area contributed by atoms with E-state index in [1.165, 1.54) is 0 Å². The SMILES string of the molecule is COc1ccnc(NCCCCn2cnnc2)n1. The number of ether oxygens (including phenoxy) is 1. The van der Waals surface area contributed by atoms with E-state index in [0.29, 0.717) is 11.8 Å². The maximum atomic E-state index is 5.02. The summed E-state index contributed by atoms with van der Waals surface area (Å²) < 4.78 is 6.98. The molecule has 2 rings (SSSR count). The molecule has 7 nitrogen and oxygen atoms in total. The number of hydrogen-bond acceptors (Lipinski definition) is 6. The minimum Gasteiger partial charge on any atom is -0.481 e. The Balaban J connectivity index is 1.65. The van der Waals surface area contributed by atoms with E-state index >= 15 is 0 Å². The number of rotatable bonds is 7. The number of nitrogens with zero attached hydrogens (tertiary/aromatic N) is 5. The molecule has 0 unspecified atom stereocenters. The first kappa shape index (κ1) is 12.3. The number of anilines is 1. The molecule has 0 amide bonds. The predicted molar refractivity (Wildman–Crippen MR) is 66.3 cm³/mol. The van der Waals surface area contributed by atoms with Crippen LogP contribution in [0.2, 0.25) is 0 Å². The van der Waals surface area contributed by atoms with Gasteiger partial charge in [-0.2, -0.15) is 4.98 Å². The van der Waals surface area contributed by atoms with Gasteiger partial charge in [-0.3, -0.25) is 0 Å². The fraction of sp³-hybridized carbons (Fsp3) is 0.455. The number of methoxy groups -OCH3 is 1. The second-order valence-electron chi connectivity index (χ2n) is 3.76. The monoisotopic (exact) mass is 248 g/mol. The van der Waals surface area contributed by atoms with E-state index in [2.05, 4.69) is 25.5 Å². The molecular formula is C11H16N6O. The lowest BCUT2D eigenvalue weighted by atomic mass is 10.3. The Morgan fingerprint density at radius 2 is 2.11 bits per heavy atom. The molecule has 7 heteroatoms. The van der Waals surface area contributed by atoms with E-state index in [-0.39, 0.29) is 0 Å². The minimum absolute atomic E-state index is 0.567. The molecule has 0 aliphatic carbocycles. The Hall–Kier alpha value is -2.18. The second-order valence-corrected chi connectivity index (χ2v) is 3.76. The summed E-state index contributed by atoms with van der Waals surface area (Å²) in [7, 11) is 1.59. The van der Waals surface area contributed by atoms with Crippen LogP contribution in [0.1, 0.15) is 12.8 Å². The van der Waals surface area contributed by atoms with Crippen LogP contribution in [-0.4, -0.2) is 38.4 Å². The van der Waals surface area contributed by atoms with Gasteiger partial charge in [0, 0.05) is 25.4 Å². The van der Waals surface area contributed by atoms with Crippen LogP contribution >= 0.6 is 0 Å². The number of hydrogen-bond donors (Lipinski definition) is 1. The van der Waals surface area contributed by atoms with Gasteiger partial charge in [-0.25, -0.2) is 4.98 Å². The molecule has 0 fully saturated rings. The summed E-state index contributed by atoms with van der Waals surface area (Å²) in [6, 6.07) is 1.72. The standard InChI is InChI=1S/C11H16N6O/c1-18-10-4-6-13-11(16-10)12-5-2-3-7-17-8-14-15-9-17/h4,6,8-9H,2-3,5,7H2,1H3,(H,12,13,16). The Labute approximate surface area is 105 Å². The van der Waals surface area contributed by atoms with Crippen molar-refractivity contribution in [3.8, 4) is 5.88 Å². The summed E-state index contributed by atoms with van der Waals surface area (Å²) >= 11 is 0. The van der Waals surface area contributed by atoms with Gasteiger partial charge in [-0.1, -0.05) is 0 Å². The first-order chi connectivity index (χ1) is 8.88. The first-order valence-electron chi connectivity index (χ1n) is 5.82. The molecular weight excluding hydrogens is 232 g/mol. The molecule has 0 saturated heterocycles. The van der Waals surface area contributed by atoms with Gasteiger partial charge in [-0.15, -0.1) is 10.2 Å². The lowest BCUT2D eigenvalue weighted by molar-refractivity contribution is 0.397. The smallest absolute Gasteiger partial charge is 0.225 e. The van der Waals surface area contributed by atoms with Gasteiger partial charge in [-0.05, 0) is 12.8 Å². The molecule has 0 aliphatic heterocycles. The quantitative estimate of drug-likeness (QED) is 0.736. The van der Waals surface area contributed by atoms with Crippen LogP contribution in [0.25, 0.3) is 0 Å². The average molecular weight is 248 g/mol. The van der Waals surface area contributed by atoms with Gasteiger partial charge in [0.25, 0.3) is 0 Å². The van der Waals surface area contributed by atoms with E-state index in [4.69, 9.17) is 4.74 Å². The van der Waals surface area contributed by atoms with E-state index < -0.39 is 0 Å². The van der Waals surface area contributed by atoms with Crippen LogP contribution in [0.5, 0.6) is 5.88 Å². The van der Waals surface area contributed by atoms with Crippen molar-refractivity contribution < 1.29 is 4.74 Å². The van der Waals surface area contributed by atoms with Crippen molar-refractivity contribution in [3.05, 3.63) is 24.9 Å². The highest BCUT2D eigenvalue weighted by Gasteiger charge is 1.98. The predicted octanol–water partition coefficient (Wildman–Crippen LogP) is 0.969. The molecule has 0 aromatic carbocycles. The topological polar surface area (TPSA) is 77.8 Å². The maximum absolute atomic E-state index is 5.02. The molecule has 1 N–H and O–H groups in total. The fourth-order valence-corrected chi connectivity index (χ4v) is 1.50. The van der Waals surface area contributed by atoms with Gasteiger partial charge >= 0.3 is 0 Å². The van der Waals surface area contributed by atoms with Crippen molar-refractivity contribution in [2.75, 3.05) is 19.0 Å². The van der Waals surface area contributed by atoms with E-state index in [9.17, 15) is 0 Å². The number of aromatic nitrogens is 5.